The van der Waals surface area contributed by atoms with Gasteiger partial charge in [0.2, 0.25) is 5.88 Å². The van der Waals surface area contributed by atoms with Gasteiger partial charge in [0.25, 0.3) is 5.91 Å². The summed E-state index contributed by atoms with van der Waals surface area (Å²) in [5.41, 5.74) is 3.42. The molecular formula is C28H26N6O2. The fourth-order valence-electron chi connectivity index (χ4n) is 4.64. The van der Waals surface area contributed by atoms with Crippen molar-refractivity contribution in [3.05, 3.63) is 88.9 Å². The van der Waals surface area contributed by atoms with Gasteiger partial charge in [-0.3, -0.25) is 9.69 Å². The topological polar surface area (TPSA) is 115 Å². The summed E-state index contributed by atoms with van der Waals surface area (Å²) in [6.07, 6.45) is 7.74. The number of rotatable bonds is 7. The van der Waals surface area contributed by atoms with Gasteiger partial charge in [-0.15, -0.1) is 0 Å². The number of carbonyl (C=O) groups excluding carboxylic acids is 1. The maximum Gasteiger partial charge on any atom is 0.253 e. The first-order valence-corrected chi connectivity index (χ1v) is 12.2. The summed E-state index contributed by atoms with van der Waals surface area (Å²) in [6, 6.07) is 18.8. The number of aromatic nitrogens is 2. The van der Waals surface area contributed by atoms with E-state index in [9.17, 15) is 10.1 Å². The number of likely N-dealkylation sites (tertiary alicyclic amines) is 1. The number of hydrogen-bond acceptors (Lipinski definition) is 7. The Morgan fingerprint density at radius 3 is 2.39 bits per heavy atom. The van der Waals surface area contributed by atoms with Gasteiger partial charge in [0.05, 0.1) is 23.2 Å². The fourth-order valence-corrected chi connectivity index (χ4v) is 4.64. The summed E-state index contributed by atoms with van der Waals surface area (Å²) >= 11 is 0. The van der Waals surface area contributed by atoms with E-state index in [1.54, 1.807) is 12.1 Å². The zero-order valence-electron chi connectivity index (χ0n) is 19.8. The van der Waals surface area contributed by atoms with E-state index in [0.717, 1.165) is 36.9 Å². The minimum absolute atomic E-state index is 0.0248. The molecule has 5 rings (SSSR count). The van der Waals surface area contributed by atoms with Gasteiger partial charge in [-0.05, 0) is 61.1 Å². The third-order valence-electron chi connectivity index (χ3n) is 6.83. The Morgan fingerprint density at radius 2 is 1.78 bits per heavy atom. The van der Waals surface area contributed by atoms with Gasteiger partial charge in [-0.25, -0.2) is 9.97 Å². The summed E-state index contributed by atoms with van der Waals surface area (Å²) in [7, 11) is 0. The van der Waals surface area contributed by atoms with Crippen LogP contribution in [-0.4, -0.2) is 46.0 Å². The number of carbonyl (C=O) groups is 1. The quantitative estimate of drug-likeness (QED) is 0.550. The van der Waals surface area contributed by atoms with E-state index in [1.807, 2.05) is 42.6 Å². The van der Waals surface area contributed by atoms with Crippen molar-refractivity contribution < 1.29 is 9.53 Å². The fraction of sp³-hybridized carbons (Fsp3) is 0.321. The number of hydrogen-bond donors (Lipinski definition) is 1. The summed E-state index contributed by atoms with van der Waals surface area (Å²) in [4.78, 5) is 23.6. The van der Waals surface area contributed by atoms with Gasteiger partial charge in [-0.1, -0.05) is 18.2 Å². The lowest BCUT2D eigenvalue weighted by Gasteiger charge is -2.29. The summed E-state index contributed by atoms with van der Waals surface area (Å²) in [5.74, 6) is 0.442. The molecule has 2 aliphatic rings. The van der Waals surface area contributed by atoms with Gasteiger partial charge in [0.1, 0.15) is 17.9 Å². The van der Waals surface area contributed by atoms with Crippen molar-refractivity contribution in [1.29, 1.82) is 10.5 Å². The van der Waals surface area contributed by atoms with E-state index in [1.165, 1.54) is 12.6 Å². The first-order valence-electron chi connectivity index (χ1n) is 12.2. The van der Waals surface area contributed by atoms with Gasteiger partial charge in [0.15, 0.2) is 0 Å². The van der Waals surface area contributed by atoms with Crippen LogP contribution in [-0.2, 0) is 0 Å². The van der Waals surface area contributed by atoms with Crippen LogP contribution in [0.25, 0.3) is 0 Å². The van der Waals surface area contributed by atoms with Crippen LogP contribution in [0, 0.1) is 22.7 Å². The van der Waals surface area contributed by atoms with Crippen molar-refractivity contribution in [2.75, 3.05) is 13.1 Å². The van der Waals surface area contributed by atoms with E-state index in [4.69, 9.17) is 10.00 Å². The van der Waals surface area contributed by atoms with E-state index in [0.29, 0.717) is 23.6 Å². The molecule has 1 saturated carbocycles. The molecule has 0 radical (unpaired) electrons. The number of pyridine rings is 2. The second-order valence-corrected chi connectivity index (χ2v) is 9.23. The molecule has 8 nitrogen and oxygen atoms in total. The van der Waals surface area contributed by atoms with Crippen LogP contribution in [0.3, 0.4) is 0 Å². The molecule has 0 spiro atoms. The predicted molar refractivity (Wildman–Crippen MR) is 132 cm³/mol. The third kappa shape index (κ3) is 5.19. The minimum atomic E-state index is -0.201. The number of nitrogens with one attached hydrogen (secondary N) is 1. The summed E-state index contributed by atoms with van der Waals surface area (Å²) < 4.78 is 5.93. The molecule has 2 fully saturated rings. The van der Waals surface area contributed by atoms with Gasteiger partial charge >= 0.3 is 0 Å². The molecule has 1 aliphatic heterocycles. The highest BCUT2D eigenvalue weighted by atomic mass is 16.5. The lowest BCUT2D eigenvalue weighted by molar-refractivity contribution is 0.0936. The highest BCUT2D eigenvalue weighted by molar-refractivity contribution is 5.94. The molecule has 180 valence electrons. The van der Waals surface area contributed by atoms with Crippen LogP contribution < -0.4 is 10.1 Å². The Morgan fingerprint density at radius 1 is 0.972 bits per heavy atom. The lowest BCUT2D eigenvalue weighted by atomic mass is 9.96. The van der Waals surface area contributed by atoms with Crippen molar-refractivity contribution in [3.63, 3.8) is 0 Å². The lowest BCUT2D eigenvalue weighted by Crippen LogP contribution is -2.38. The van der Waals surface area contributed by atoms with Gasteiger partial charge in [-0.2, -0.15) is 10.5 Å². The molecule has 1 N–H and O–H groups in total. The molecular weight excluding hydrogens is 452 g/mol. The van der Waals surface area contributed by atoms with Crippen LogP contribution in [0.15, 0.2) is 60.9 Å². The van der Waals surface area contributed by atoms with Crippen molar-refractivity contribution in [3.8, 4) is 18.0 Å². The van der Waals surface area contributed by atoms with E-state index < -0.39 is 0 Å². The number of nitriles is 2. The molecule has 0 bridgehead atoms. The molecule has 3 heterocycles. The zero-order valence-corrected chi connectivity index (χ0v) is 19.8. The molecule has 8 heteroatoms. The number of amides is 1. The Kier molecular flexibility index (Phi) is 6.88. The molecule has 2 atom stereocenters. The first-order chi connectivity index (χ1) is 17.6. The Labute approximate surface area is 210 Å². The number of nitrogens with zero attached hydrogens (tertiary/aromatic N) is 5. The van der Waals surface area contributed by atoms with Crippen LogP contribution in [0.1, 0.15) is 64.5 Å². The van der Waals surface area contributed by atoms with Crippen molar-refractivity contribution >= 4 is 5.91 Å². The Bertz CT molecular complexity index is 1290. The molecule has 3 aromatic rings. The van der Waals surface area contributed by atoms with E-state index in [-0.39, 0.29) is 29.8 Å². The molecule has 1 aliphatic carbocycles. The molecule has 2 aromatic heterocycles. The van der Waals surface area contributed by atoms with Crippen molar-refractivity contribution in [2.45, 2.75) is 43.9 Å². The monoisotopic (exact) mass is 478 g/mol. The molecule has 36 heavy (non-hydrogen) atoms. The van der Waals surface area contributed by atoms with E-state index >= 15 is 0 Å². The van der Waals surface area contributed by atoms with Crippen LogP contribution >= 0.6 is 0 Å². The molecule has 1 amide bonds. The van der Waals surface area contributed by atoms with Crippen LogP contribution in [0.5, 0.6) is 5.88 Å². The first kappa shape index (κ1) is 23.5. The average molecular weight is 479 g/mol. The smallest absolute Gasteiger partial charge is 0.253 e. The van der Waals surface area contributed by atoms with E-state index in [2.05, 4.69) is 32.3 Å². The third-order valence-corrected chi connectivity index (χ3v) is 6.83. The maximum absolute atomic E-state index is 12.7. The maximum atomic E-state index is 12.7. The Hall–Kier alpha value is -4.27. The standard InChI is InChI=1S/C28H26N6O2/c29-14-19-4-6-20(7-5-19)27(21-9-11-26(32-16-21)36-25-2-1-3-25)34-13-12-24(18-34)33-28(35)22-8-10-23(15-30)31-17-22/h4-11,16-17,24-25,27H,1-3,12-13,18H2,(H,33,35)/t24-,27?/m1/s1. The second kappa shape index (κ2) is 10.6. The molecule has 1 saturated heterocycles. The van der Waals surface area contributed by atoms with Crippen molar-refractivity contribution in [2.24, 2.45) is 0 Å². The van der Waals surface area contributed by atoms with Crippen LogP contribution in [0.4, 0.5) is 0 Å². The number of ether oxygens (including phenoxy) is 1. The second-order valence-electron chi connectivity index (χ2n) is 9.23. The highest BCUT2D eigenvalue weighted by Gasteiger charge is 2.31. The van der Waals surface area contributed by atoms with Crippen LogP contribution in [0.2, 0.25) is 0 Å². The van der Waals surface area contributed by atoms with Gasteiger partial charge in [0, 0.05) is 37.6 Å². The number of benzene rings is 1. The zero-order chi connectivity index (χ0) is 24.9. The normalized spacial score (nSPS) is 18.4. The SMILES string of the molecule is N#Cc1ccc(C(c2ccc(OC3CCC3)nc2)N2CC[C@@H](NC(=O)c3ccc(C#N)nc3)C2)cc1. The highest BCUT2D eigenvalue weighted by Crippen LogP contribution is 2.33. The average Bonchev–Trinajstić information content (AvgIpc) is 3.35. The largest absolute Gasteiger partial charge is 0.474 e. The minimum Gasteiger partial charge on any atom is -0.474 e. The Balaban J connectivity index is 1.32. The summed E-state index contributed by atoms with van der Waals surface area (Å²) in [6.45, 7) is 1.46. The van der Waals surface area contributed by atoms with Gasteiger partial charge < -0.3 is 10.1 Å². The molecule has 1 unspecified atom stereocenters. The molecule has 1 aromatic carbocycles. The summed E-state index contributed by atoms with van der Waals surface area (Å²) in [5, 5.41) is 21.2. The van der Waals surface area contributed by atoms with Crippen molar-refractivity contribution in [1.82, 2.24) is 20.2 Å². The predicted octanol–water partition coefficient (Wildman–Crippen LogP) is 3.74.